The summed E-state index contributed by atoms with van der Waals surface area (Å²) in [5, 5.41) is 7.81. The van der Waals surface area contributed by atoms with Crippen molar-refractivity contribution in [3.8, 4) is 11.3 Å². The molecule has 0 aliphatic carbocycles. The molecule has 0 bridgehead atoms. The predicted molar refractivity (Wildman–Crippen MR) is 107 cm³/mol. The maximum absolute atomic E-state index is 5.42. The van der Waals surface area contributed by atoms with Crippen molar-refractivity contribution in [1.29, 1.82) is 0 Å². The molecule has 1 aliphatic rings. The molecular weight excluding hydrogens is 354 g/mol. The van der Waals surface area contributed by atoms with E-state index in [1.165, 1.54) is 12.0 Å². The summed E-state index contributed by atoms with van der Waals surface area (Å²) in [7, 11) is 0. The van der Waals surface area contributed by atoms with E-state index in [2.05, 4.69) is 54.5 Å². The number of hydrogen-bond donors (Lipinski definition) is 1. The molecule has 1 aliphatic heterocycles. The Balaban J connectivity index is 1.42. The first-order valence-corrected chi connectivity index (χ1v) is 9.16. The summed E-state index contributed by atoms with van der Waals surface area (Å²) in [5.41, 5.74) is 5.62. The molecule has 8 nitrogen and oxygen atoms in total. The van der Waals surface area contributed by atoms with E-state index in [9.17, 15) is 0 Å². The van der Waals surface area contributed by atoms with Crippen molar-refractivity contribution < 1.29 is 4.74 Å². The maximum Gasteiger partial charge on any atom is 0.179 e. The van der Waals surface area contributed by atoms with Gasteiger partial charge in [-0.2, -0.15) is 5.10 Å². The van der Waals surface area contributed by atoms with Gasteiger partial charge in [0.15, 0.2) is 5.65 Å². The van der Waals surface area contributed by atoms with Crippen LogP contribution >= 0.6 is 0 Å². The number of nitrogens with one attached hydrogen (secondary N) is 1. The number of ether oxygens (including phenoxy) is 1. The van der Waals surface area contributed by atoms with Crippen LogP contribution in [-0.4, -0.2) is 50.9 Å². The summed E-state index contributed by atoms with van der Waals surface area (Å²) in [5.74, 6) is 0. The van der Waals surface area contributed by atoms with Crippen LogP contribution in [0.4, 0.5) is 17.1 Å². The van der Waals surface area contributed by atoms with Crippen molar-refractivity contribution in [2.45, 2.75) is 0 Å². The number of morpholine rings is 1. The second kappa shape index (κ2) is 7.24. The van der Waals surface area contributed by atoms with Crippen molar-refractivity contribution >= 4 is 22.7 Å². The van der Waals surface area contributed by atoms with Crippen LogP contribution in [0.1, 0.15) is 0 Å². The fraction of sp³-hybridized carbons (Fsp3) is 0.200. The van der Waals surface area contributed by atoms with E-state index in [4.69, 9.17) is 4.74 Å². The number of aromatic nitrogens is 5. The Hall–Kier alpha value is -3.52. The minimum Gasteiger partial charge on any atom is -0.378 e. The molecule has 4 aromatic rings. The highest BCUT2D eigenvalue weighted by Crippen LogP contribution is 2.27. The van der Waals surface area contributed by atoms with Gasteiger partial charge in [0, 0.05) is 42.4 Å². The number of fused-ring (bicyclic) bond motifs is 1. The lowest BCUT2D eigenvalue weighted by atomic mass is 10.2. The van der Waals surface area contributed by atoms with E-state index in [-0.39, 0.29) is 0 Å². The molecule has 0 amide bonds. The number of nitrogens with zero attached hydrogens (tertiary/aromatic N) is 6. The Morgan fingerprint density at radius 2 is 1.68 bits per heavy atom. The first-order chi connectivity index (χ1) is 13.9. The molecule has 0 radical (unpaired) electrons. The van der Waals surface area contributed by atoms with E-state index in [0.29, 0.717) is 0 Å². The SMILES string of the molecule is c1ncc(-c2ccc(Nc3ccc(N4CCOCC4)cc3)c3ncnn23)cn1. The van der Waals surface area contributed by atoms with E-state index in [0.717, 1.165) is 54.6 Å². The lowest BCUT2D eigenvalue weighted by molar-refractivity contribution is 0.122. The lowest BCUT2D eigenvalue weighted by Crippen LogP contribution is -2.36. The number of anilines is 3. The summed E-state index contributed by atoms with van der Waals surface area (Å²) in [6, 6.07) is 12.4. The Morgan fingerprint density at radius 3 is 2.46 bits per heavy atom. The minimum atomic E-state index is 0.749. The zero-order valence-electron chi connectivity index (χ0n) is 15.2. The highest BCUT2D eigenvalue weighted by Gasteiger charge is 2.12. The summed E-state index contributed by atoms with van der Waals surface area (Å²) < 4.78 is 7.22. The molecular formula is C20H19N7O. The van der Waals surface area contributed by atoms with Crippen molar-refractivity contribution in [2.75, 3.05) is 36.5 Å². The quantitative estimate of drug-likeness (QED) is 0.589. The van der Waals surface area contributed by atoms with Gasteiger partial charge in [-0.15, -0.1) is 0 Å². The topological polar surface area (TPSA) is 80.5 Å². The fourth-order valence-corrected chi connectivity index (χ4v) is 3.39. The van der Waals surface area contributed by atoms with Crippen molar-refractivity contribution in [3.63, 3.8) is 0 Å². The summed E-state index contributed by atoms with van der Waals surface area (Å²) in [6.45, 7) is 3.42. The number of rotatable bonds is 4. The predicted octanol–water partition coefficient (Wildman–Crippen LogP) is 2.77. The highest BCUT2D eigenvalue weighted by molar-refractivity contribution is 5.77. The third kappa shape index (κ3) is 3.14. The van der Waals surface area contributed by atoms with Gasteiger partial charge in [0.25, 0.3) is 0 Å². The Kier molecular flexibility index (Phi) is 4.30. The molecule has 1 aromatic carbocycles. The molecule has 8 heteroatoms. The average molecular weight is 373 g/mol. The van der Waals surface area contributed by atoms with Crippen LogP contribution in [0, 0.1) is 0 Å². The fourth-order valence-electron chi connectivity index (χ4n) is 3.39. The third-order valence-electron chi connectivity index (χ3n) is 4.80. The lowest BCUT2D eigenvalue weighted by Gasteiger charge is -2.28. The van der Waals surface area contributed by atoms with Crippen LogP contribution < -0.4 is 10.2 Å². The van der Waals surface area contributed by atoms with Crippen molar-refractivity contribution in [3.05, 3.63) is 61.4 Å². The molecule has 3 aromatic heterocycles. The van der Waals surface area contributed by atoms with Crippen LogP contribution in [-0.2, 0) is 4.74 Å². The normalized spacial score (nSPS) is 14.4. The van der Waals surface area contributed by atoms with Crippen LogP contribution in [0.5, 0.6) is 0 Å². The second-order valence-electron chi connectivity index (χ2n) is 6.53. The van der Waals surface area contributed by atoms with Crippen molar-refractivity contribution in [2.24, 2.45) is 0 Å². The zero-order valence-corrected chi connectivity index (χ0v) is 15.2. The standard InChI is InChI=1S/C20H19N7O/c1-3-17(26-7-9-28-10-8-26)4-2-16(1)25-18-5-6-19(15-11-21-13-22-12-15)27-20(18)23-14-24-27/h1-6,11-14,25H,7-10H2. The Labute approximate surface area is 161 Å². The molecule has 140 valence electrons. The number of pyridine rings is 1. The highest BCUT2D eigenvalue weighted by atomic mass is 16.5. The smallest absolute Gasteiger partial charge is 0.179 e. The maximum atomic E-state index is 5.42. The van der Waals surface area contributed by atoms with Gasteiger partial charge in [0.1, 0.15) is 12.7 Å². The molecule has 0 atom stereocenters. The van der Waals surface area contributed by atoms with Gasteiger partial charge >= 0.3 is 0 Å². The molecule has 1 fully saturated rings. The van der Waals surface area contributed by atoms with Crippen LogP contribution in [0.25, 0.3) is 16.9 Å². The van der Waals surface area contributed by atoms with E-state index >= 15 is 0 Å². The summed E-state index contributed by atoms with van der Waals surface area (Å²) in [6.07, 6.45) is 6.59. The Morgan fingerprint density at radius 1 is 0.893 bits per heavy atom. The van der Waals surface area contributed by atoms with Gasteiger partial charge in [-0.25, -0.2) is 19.5 Å². The van der Waals surface area contributed by atoms with Gasteiger partial charge in [-0.3, -0.25) is 0 Å². The van der Waals surface area contributed by atoms with E-state index in [1.54, 1.807) is 23.2 Å². The summed E-state index contributed by atoms with van der Waals surface area (Å²) in [4.78, 5) is 14.9. The minimum absolute atomic E-state index is 0.749. The van der Waals surface area contributed by atoms with E-state index < -0.39 is 0 Å². The third-order valence-corrected chi connectivity index (χ3v) is 4.80. The van der Waals surface area contributed by atoms with Gasteiger partial charge in [0.2, 0.25) is 0 Å². The summed E-state index contributed by atoms with van der Waals surface area (Å²) >= 11 is 0. The molecule has 4 heterocycles. The second-order valence-corrected chi connectivity index (χ2v) is 6.53. The molecule has 5 rings (SSSR count). The van der Waals surface area contributed by atoms with Gasteiger partial charge in [0.05, 0.1) is 24.6 Å². The number of benzene rings is 1. The van der Waals surface area contributed by atoms with Crippen LogP contribution in [0.15, 0.2) is 61.4 Å². The first-order valence-electron chi connectivity index (χ1n) is 9.16. The van der Waals surface area contributed by atoms with Gasteiger partial charge in [-0.1, -0.05) is 0 Å². The van der Waals surface area contributed by atoms with Crippen molar-refractivity contribution in [1.82, 2.24) is 24.6 Å². The Bertz CT molecular complexity index is 1070. The average Bonchev–Trinajstić information content (AvgIpc) is 3.26. The van der Waals surface area contributed by atoms with Gasteiger partial charge in [-0.05, 0) is 36.4 Å². The van der Waals surface area contributed by atoms with E-state index in [1.807, 2.05) is 12.1 Å². The largest absolute Gasteiger partial charge is 0.378 e. The van der Waals surface area contributed by atoms with Crippen LogP contribution in [0.2, 0.25) is 0 Å². The zero-order chi connectivity index (χ0) is 18.8. The molecule has 0 unspecified atom stereocenters. The molecule has 1 N–H and O–H groups in total. The molecule has 1 saturated heterocycles. The first kappa shape index (κ1) is 16.6. The van der Waals surface area contributed by atoms with Crippen LogP contribution in [0.3, 0.4) is 0 Å². The van der Waals surface area contributed by atoms with Gasteiger partial charge < -0.3 is 15.0 Å². The molecule has 28 heavy (non-hydrogen) atoms. The molecule has 0 saturated carbocycles. The monoisotopic (exact) mass is 373 g/mol. The number of hydrogen-bond acceptors (Lipinski definition) is 7. The molecule has 0 spiro atoms.